The number of rotatable bonds is 2. The normalized spacial score (nSPS) is 12.7. The second-order valence-electron chi connectivity index (χ2n) is 4.76. The highest BCUT2D eigenvalue weighted by atomic mass is 19.2. The minimum Gasteiger partial charge on any atom is -0.384 e. The van der Waals surface area contributed by atoms with E-state index in [-0.39, 0.29) is 5.69 Å². The molecule has 2 aromatic rings. The second-order valence-corrected chi connectivity index (χ2v) is 4.76. The van der Waals surface area contributed by atoms with Crippen LogP contribution in [0.1, 0.15) is 15.9 Å². The van der Waals surface area contributed by atoms with Gasteiger partial charge in [0.05, 0.1) is 0 Å². The zero-order valence-corrected chi connectivity index (χ0v) is 10.8. The zero-order valence-electron chi connectivity index (χ0n) is 10.8. The van der Waals surface area contributed by atoms with Gasteiger partial charge in [0.15, 0.2) is 17.5 Å². The number of hydrogen-bond donors (Lipinski definition) is 2. The Morgan fingerprint density at radius 1 is 1.10 bits per heavy atom. The minimum absolute atomic E-state index is 0.134. The van der Waals surface area contributed by atoms with Crippen molar-refractivity contribution >= 4 is 17.3 Å². The predicted molar refractivity (Wildman–Crippen MR) is 72.9 cm³/mol. The molecule has 0 spiro atoms. The molecule has 1 aliphatic rings. The molecule has 2 aromatic carbocycles. The van der Waals surface area contributed by atoms with E-state index in [1.165, 1.54) is 0 Å². The number of anilines is 2. The first-order chi connectivity index (χ1) is 10.0. The third kappa shape index (κ3) is 2.56. The molecule has 3 nitrogen and oxygen atoms in total. The first-order valence-corrected chi connectivity index (χ1v) is 6.37. The van der Waals surface area contributed by atoms with Gasteiger partial charge in [-0.25, -0.2) is 13.2 Å². The Balaban J connectivity index is 1.83. The van der Waals surface area contributed by atoms with Crippen LogP contribution in [-0.2, 0) is 6.42 Å². The lowest BCUT2D eigenvalue weighted by Crippen LogP contribution is -2.13. The summed E-state index contributed by atoms with van der Waals surface area (Å²) >= 11 is 0. The summed E-state index contributed by atoms with van der Waals surface area (Å²) in [6.07, 6.45) is 0.894. The molecule has 21 heavy (non-hydrogen) atoms. The number of carbonyl (C=O) groups is 1. The third-order valence-corrected chi connectivity index (χ3v) is 3.32. The maximum Gasteiger partial charge on any atom is 0.255 e. The van der Waals surface area contributed by atoms with Crippen LogP contribution in [0.25, 0.3) is 0 Å². The fourth-order valence-corrected chi connectivity index (χ4v) is 2.26. The van der Waals surface area contributed by atoms with Crippen LogP contribution < -0.4 is 10.6 Å². The van der Waals surface area contributed by atoms with Crippen molar-refractivity contribution in [3.63, 3.8) is 0 Å². The summed E-state index contributed by atoms with van der Waals surface area (Å²) < 4.78 is 39.0. The number of benzene rings is 2. The fourth-order valence-electron chi connectivity index (χ4n) is 2.26. The first-order valence-electron chi connectivity index (χ1n) is 6.37. The van der Waals surface area contributed by atoms with Crippen LogP contribution in [0.2, 0.25) is 0 Å². The molecule has 1 aliphatic heterocycles. The molecular formula is C15H11F3N2O. The van der Waals surface area contributed by atoms with E-state index in [9.17, 15) is 18.0 Å². The van der Waals surface area contributed by atoms with E-state index in [2.05, 4.69) is 10.6 Å². The van der Waals surface area contributed by atoms with Crippen molar-refractivity contribution in [2.45, 2.75) is 6.42 Å². The molecular weight excluding hydrogens is 281 g/mol. The van der Waals surface area contributed by atoms with Crippen molar-refractivity contribution < 1.29 is 18.0 Å². The Kier molecular flexibility index (Phi) is 3.29. The first kappa shape index (κ1) is 13.5. The molecule has 0 bridgehead atoms. The van der Waals surface area contributed by atoms with Crippen LogP contribution in [0.15, 0.2) is 30.3 Å². The van der Waals surface area contributed by atoms with Crippen molar-refractivity contribution in [2.75, 3.05) is 17.2 Å². The van der Waals surface area contributed by atoms with Gasteiger partial charge in [0.2, 0.25) is 0 Å². The molecule has 2 N–H and O–H groups in total. The Labute approximate surface area is 118 Å². The van der Waals surface area contributed by atoms with Crippen molar-refractivity contribution in [2.24, 2.45) is 0 Å². The van der Waals surface area contributed by atoms with E-state index in [0.717, 1.165) is 36.3 Å². The molecule has 0 aromatic heterocycles. The number of carbonyl (C=O) groups excluding carboxylic acids is 1. The Morgan fingerprint density at radius 3 is 2.52 bits per heavy atom. The summed E-state index contributed by atoms with van der Waals surface area (Å²) in [6, 6.07) is 6.62. The minimum atomic E-state index is -1.56. The molecule has 0 fully saturated rings. The highest BCUT2D eigenvalue weighted by Crippen LogP contribution is 2.24. The summed E-state index contributed by atoms with van der Waals surface area (Å²) in [7, 11) is 0. The number of fused-ring (bicyclic) bond motifs is 1. The van der Waals surface area contributed by atoms with Gasteiger partial charge in [0.25, 0.3) is 5.91 Å². The highest BCUT2D eigenvalue weighted by Gasteiger charge is 2.15. The van der Waals surface area contributed by atoms with Crippen LogP contribution in [0, 0.1) is 17.5 Å². The van der Waals surface area contributed by atoms with E-state index >= 15 is 0 Å². The van der Waals surface area contributed by atoms with Gasteiger partial charge >= 0.3 is 0 Å². The average Bonchev–Trinajstić information content (AvgIpc) is 2.91. The lowest BCUT2D eigenvalue weighted by molar-refractivity contribution is 0.102. The third-order valence-electron chi connectivity index (χ3n) is 3.32. The molecule has 0 atom stereocenters. The van der Waals surface area contributed by atoms with Crippen molar-refractivity contribution in [3.05, 3.63) is 58.9 Å². The smallest absolute Gasteiger partial charge is 0.255 e. The lowest BCUT2D eigenvalue weighted by Gasteiger charge is -2.08. The van der Waals surface area contributed by atoms with Crippen LogP contribution in [0.4, 0.5) is 24.5 Å². The van der Waals surface area contributed by atoms with Gasteiger partial charge in [-0.05, 0) is 24.1 Å². The molecule has 0 radical (unpaired) electrons. The Hall–Kier alpha value is -2.50. The van der Waals surface area contributed by atoms with Crippen LogP contribution >= 0.6 is 0 Å². The summed E-state index contributed by atoms with van der Waals surface area (Å²) in [5.41, 5.74) is 2.21. The van der Waals surface area contributed by atoms with Crippen LogP contribution in [0.3, 0.4) is 0 Å². The SMILES string of the molecule is O=C(Nc1cc(F)c(F)c(F)c1)c1ccc2c(c1)NCC2. The van der Waals surface area contributed by atoms with Gasteiger partial charge in [-0.2, -0.15) is 0 Å². The maximum absolute atomic E-state index is 13.1. The number of halogens is 3. The second kappa shape index (κ2) is 5.12. The number of nitrogens with one attached hydrogen (secondary N) is 2. The lowest BCUT2D eigenvalue weighted by atomic mass is 10.1. The monoisotopic (exact) mass is 292 g/mol. The van der Waals surface area contributed by atoms with Crippen LogP contribution in [-0.4, -0.2) is 12.5 Å². The molecule has 3 rings (SSSR count). The standard InChI is InChI=1S/C15H11F3N2O/c16-11-6-10(7-12(17)14(11)18)20-15(21)9-2-1-8-3-4-19-13(8)5-9/h1-2,5-7,19H,3-4H2,(H,20,21). The van der Waals surface area contributed by atoms with Gasteiger partial charge in [0.1, 0.15) is 0 Å². The average molecular weight is 292 g/mol. The largest absolute Gasteiger partial charge is 0.384 e. The zero-order chi connectivity index (χ0) is 15.0. The quantitative estimate of drug-likeness (QED) is 0.834. The topological polar surface area (TPSA) is 41.1 Å². The molecule has 1 amide bonds. The maximum atomic E-state index is 13.1. The number of hydrogen-bond acceptors (Lipinski definition) is 2. The number of amides is 1. The molecule has 108 valence electrons. The van der Waals surface area contributed by atoms with E-state index in [1.54, 1.807) is 12.1 Å². The molecule has 0 unspecified atom stereocenters. The molecule has 0 aliphatic carbocycles. The molecule has 1 heterocycles. The van der Waals surface area contributed by atoms with Gasteiger partial charge in [0, 0.05) is 35.6 Å². The van der Waals surface area contributed by atoms with Crippen molar-refractivity contribution in [1.29, 1.82) is 0 Å². The van der Waals surface area contributed by atoms with E-state index in [4.69, 9.17) is 0 Å². The Morgan fingerprint density at radius 2 is 1.81 bits per heavy atom. The fraction of sp³-hybridized carbons (Fsp3) is 0.133. The summed E-state index contributed by atoms with van der Waals surface area (Å²) in [5, 5.41) is 5.48. The van der Waals surface area contributed by atoms with Crippen LogP contribution in [0.5, 0.6) is 0 Å². The van der Waals surface area contributed by atoms with Gasteiger partial charge in [-0.3, -0.25) is 4.79 Å². The highest BCUT2D eigenvalue weighted by molar-refractivity contribution is 6.05. The van der Waals surface area contributed by atoms with Gasteiger partial charge in [-0.15, -0.1) is 0 Å². The molecule has 6 heteroatoms. The van der Waals surface area contributed by atoms with Gasteiger partial charge < -0.3 is 10.6 Å². The van der Waals surface area contributed by atoms with E-state index in [1.807, 2.05) is 6.07 Å². The summed E-state index contributed by atoms with van der Waals surface area (Å²) in [6.45, 7) is 0.814. The van der Waals surface area contributed by atoms with Crippen molar-refractivity contribution in [1.82, 2.24) is 0 Å². The van der Waals surface area contributed by atoms with E-state index < -0.39 is 23.4 Å². The molecule has 0 saturated heterocycles. The molecule has 0 saturated carbocycles. The predicted octanol–water partition coefficient (Wildman–Crippen LogP) is 3.32. The van der Waals surface area contributed by atoms with Gasteiger partial charge in [-0.1, -0.05) is 6.07 Å². The van der Waals surface area contributed by atoms with E-state index in [0.29, 0.717) is 5.56 Å². The summed E-state index contributed by atoms with van der Waals surface area (Å²) in [5.74, 6) is -4.77. The Bertz CT molecular complexity index is 708. The van der Waals surface area contributed by atoms with Crippen molar-refractivity contribution in [3.8, 4) is 0 Å². The summed E-state index contributed by atoms with van der Waals surface area (Å²) in [4.78, 5) is 12.0.